The number of benzene rings is 2. The summed E-state index contributed by atoms with van der Waals surface area (Å²) in [5.74, 6) is 0.625. The van der Waals surface area contributed by atoms with Gasteiger partial charge in [0.05, 0.1) is 7.11 Å². The Morgan fingerprint density at radius 3 is 2.41 bits per heavy atom. The maximum atomic E-state index is 12.4. The van der Waals surface area contributed by atoms with Crippen LogP contribution in [-0.4, -0.2) is 43.1 Å². The number of rotatable bonds is 4. The molecule has 2 N–H and O–H groups in total. The molecular weight excluding hydrogens is 342 g/mol. The van der Waals surface area contributed by atoms with Crippen molar-refractivity contribution in [2.45, 2.75) is 25.8 Å². The zero-order valence-corrected chi connectivity index (χ0v) is 15.7. The van der Waals surface area contributed by atoms with Gasteiger partial charge in [0.25, 0.3) is 5.91 Å². The van der Waals surface area contributed by atoms with Crippen molar-refractivity contribution in [1.29, 1.82) is 0 Å². The molecule has 0 atom stereocenters. The first-order valence-corrected chi connectivity index (χ1v) is 9.12. The van der Waals surface area contributed by atoms with Crippen LogP contribution < -0.4 is 15.4 Å². The van der Waals surface area contributed by atoms with Gasteiger partial charge in [-0.1, -0.05) is 12.1 Å². The number of nitrogens with zero attached hydrogens (tertiary/aromatic N) is 1. The number of hydrogen-bond acceptors (Lipinski definition) is 3. The second kappa shape index (κ2) is 8.58. The largest absolute Gasteiger partial charge is 0.497 e. The fraction of sp³-hybridized carbons (Fsp3) is 0.333. The van der Waals surface area contributed by atoms with Gasteiger partial charge in [-0.3, -0.25) is 4.79 Å². The molecule has 27 heavy (non-hydrogen) atoms. The zero-order chi connectivity index (χ0) is 19.2. The molecule has 1 aliphatic rings. The Labute approximate surface area is 159 Å². The summed E-state index contributed by atoms with van der Waals surface area (Å²) in [5.41, 5.74) is 2.51. The monoisotopic (exact) mass is 367 g/mol. The van der Waals surface area contributed by atoms with Crippen LogP contribution in [0.5, 0.6) is 5.75 Å². The lowest BCUT2D eigenvalue weighted by atomic mass is 10.0. The van der Waals surface area contributed by atoms with Crippen LogP contribution in [-0.2, 0) is 0 Å². The molecule has 0 unspecified atom stereocenters. The van der Waals surface area contributed by atoms with Crippen LogP contribution >= 0.6 is 0 Å². The van der Waals surface area contributed by atoms with Crippen LogP contribution in [0.25, 0.3) is 0 Å². The van der Waals surface area contributed by atoms with E-state index >= 15 is 0 Å². The second-order valence-corrected chi connectivity index (χ2v) is 6.76. The molecule has 1 fully saturated rings. The summed E-state index contributed by atoms with van der Waals surface area (Å²) < 4.78 is 5.11. The number of nitrogens with one attached hydrogen (secondary N) is 2. The van der Waals surface area contributed by atoms with E-state index in [1.165, 1.54) is 0 Å². The molecule has 1 aliphatic heterocycles. The Kier molecular flexibility index (Phi) is 5.96. The zero-order valence-electron chi connectivity index (χ0n) is 15.7. The van der Waals surface area contributed by atoms with E-state index in [1.807, 2.05) is 31.2 Å². The number of carbonyl (C=O) groups is 2. The highest BCUT2D eigenvalue weighted by Gasteiger charge is 2.24. The molecule has 0 spiro atoms. The predicted molar refractivity (Wildman–Crippen MR) is 105 cm³/mol. The Balaban J connectivity index is 1.48. The minimum atomic E-state index is -0.0969. The molecule has 2 aromatic carbocycles. The van der Waals surface area contributed by atoms with Crippen LogP contribution in [0.1, 0.15) is 28.8 Å². The topological polar surface area (TPSA) is 70.7 Å². The van der Waals surface area contributed by atoms with Gasteiger partial charge in [0.1, 0.15) is 5.75 Å². The number of hydrogen-bond donors (Lipinski definition) is 2. The summed E-state index contributed by atoms with van der Waals surface area (Å²) in [7, 11) is 1.60. The van der Waals surface area contributed by atoms with Crippen molar-refractivity contribution in [3.63, 3.8) is 0 Å². The quantitative estimate of drug-likeness (QED) is 0.870. The molecule has 0 saturated carbocycles. The van der Waals surface area contributed by atoms with E-state index in [9.17, 15) is 9.59 Å². The first-order chi connectivity index (χ1) is 13.0. The molecule has 1 heterocycles. The number of methoxy groups -OCH3 is 1. The first kappa shape index (κ1) is 18.8. The summed E-state index contributed by atoms with van der Waals surface area (Å²) in [6.07, 6.45) is 1.48. The summed E-state index contributed by atoms with van der Waals surface area (Å²) in [4.78, 5) is 26.6. The number of anilines is 1. The highest BCUT2D eigenvalue weighted by molar-refractivity contribution is 5.94. The number of aryl methyl sites for hydroxylation is 1. The normalized spacial score (nSPS) is 14.5. The molecule has 0 bridgehead atoms. The van der Waals surface area contributed by atoms with Crippen molar-refractivity contribution in [3.8, 4) is 5.75 Å². The summed E-state index contributed by atoms with van der Waals surface area (Å²) >= 11 is 0. The lowest BCUT2D eigenvalue weighted by Gasteiger charge is -2.32. The fourth-order valence-electron chi connectivity index (χ4n) is 3.16. The van der Waals surface area contributed by atoms with Crippen molar-refractivity contribution >= 4 is 17.6 Å². The van der Waals surface area contributed by atoms with Gasteiger partial charge in [0, 0.05) is 30.4 Å². The lowest BCUT2D eigenvalue weighted by Crippen LogP contribution is -2.47. The van der Waals surface area contributed by atoms with Gasteiger partial charge in [0.15, 0.2) is 0 Å². The summed E-state index contributed by atoms with van der Waals surface area (Å²) in [6, 6.07) is 14.8. The molecule has 142 valence electrons. The molecule has 0 radical (unpaired) electrons. The van der Waals surface area contributed by atoms with Crippen molar-refractivity contribution < 1.29 is 14.3 Å². The van der Waals surface area contributed by atoms with E-state index in [0.29, 0.717) is 18.7 Å². The SMILES string of the molecule is COc1ccc(C(=O)NC2CCN(C(=O)Nc3cccc(C)c3)CC2)cc1. The Hall–Kier alpha value is -3.02. The molecule has 0 aliphatic carbocycles. The van der Waals surface area contributed by atoms with Crippen LogP contribution in [0.2, 0.25) is 0 Å². The molecular formula is C21H25N3O3. The smallest absolute Gasteiger partial charge is 0.321 e. The van der Waals surface area contributed by atoms with Gasteiger partial charge >= 0.3 is 6.03 Å². The molecule has 0 aromatic heterocycles. The highest BCUT2D eigenvalue weighted by Crippen LogP contribution is 2.16. The highest BCUT2D eigenvalue weighted by atomic mass is 16.5. The van der Waals surface area contributed by atoms with Gasteiger partial charge in [-0.2, -0.15) is 0 Å². The third kappa shape index (κ3) is 5.00. The minimum absolute atomic E-state index is 0.0719. The minimum Gasteiger partial charge on any atom is -0.497 e. The average Bonchev–Trinajstić information content (AvgIpc) is 2.68. The number of piperidine rings is 1. The van der Waals surface area contributed by atoms with Gasteiger partial charge in [0.2, 0.25) is 0 Å². The number of amides is 3. The average molecular weight is 367 g/mol. The summed E-state index contributed by atoms with van der Waals surface area (Å²) in [5, 5.41) is 5.98. The predicted octanol–water partition coefficient (Wildman–Crippen LogP) is 3.43. The van der Waals surface area contributed by atoms with E-state index < -0.39 is 0 Å². The van der Waals surface area contributed by atoms with Crippen LogP contribution in [0.15, 0.2) is 48.5 Å². The van der Waals surface area contributed by atoms with E-state index in [-0.39, 0.29) is 18.0 Å². The van der Waals surface area contributed by atoms with E-state index in [2.05, 4.69) is 10.6 Å². The molecule has 3 rings (SSSR count). The fourth-order valence-corrected chi connectivity index (χ4v) is 3.16. The third-order valence-corrected chi connectivity index (χ3v) is 4.74. The molecule has 6 heteroatoms. The molecule has 2 aromatic rings. The third-order valence-electron chi connectivity index (χ3n) is 4.74. The van der Waals surface area contributed by atoms with E-state index in [4.69, 9.17) is 4.74 Å². The number of urea groups is 1. The van der Waals surface area contributed by atoms with Crippen molar-refractivity contribution in [1.82, 2.24) is 10.2 Å². The standard InChI is InChI=1S/C21H25N3O3/c1-15-4-3-5-18(14-15)23-21(26)24-12-10-17(11-13-24)22-20(25)16-6-8-19(27-2)9-7-16/h3-9,14,17H,10-13H2,1-2H3,(H,22,25)(H,23,26). The summed E-state index contributed by atoms with van der Waals surface area (Å²) in [6.45, 7) is 3.23. The lowest BCUT2D eigenvalue weighted by molar-refractivity contribution is 0.0919. The Morgan fingerprint density at radius 2 is 1.78 bits per heavy atom. The van der Waals surface area contributed by atoms with E-state index in [1.54, 1.807) is 36.3 Å². The second-order valence-electron chi connectivity index (χ2n) is 6.76. The number of ether oxygens (including phenoxy) is 1. The molecule has 6 nitrogen and oxygen atoms in total. The molecule has 3 amide bonds. The Morgan fingerprint density at radius 1 is 1.07 bits per heavy atom. The van der Waals surface area contributed by atoms with Crippen molar-refractivity contribution in [2.24, 2.45) is 0 Å². The van der Waals surface area contributed by atoms with Gasteiger partial charge in [-0.25, -0.2) is 4.79 Å². The first-order valence-electron chi connectivity index (χ1n) is 9.12. The van der Waals surface area contributed by atoms with E-state index in [0.717, 1.165) is 29.8 Å². The maximum Gasteiger partial charge on any atom is 0.321 e. The van der Waals surface area contributed by atoms with Gasteiger partial charge < -0.3 is 20.3 Å². The maximum absolute atomic E-state index is 12.4. The number of carbonyl (C=O) groups excluding carboxylic acids is 2. The number of likely N-dealkylation sites (tertiary alicyclic amines) is 1. The van der Waals surface area contributed by atoms with Crippen LogP contribution in [0.3, 0.4) is 0 Å². The van der Waals surface area contributed by atoms with Crippen molar-refractivity contribution in [3.05, 3.63) is 59.7 Å². The van der Waals surface area contributed by atoms with Gasteiger partial charge in [-0.05, 0) is 61.7 Å². The Bertz CT molecular complexity index is 797. The van der Waals surface area contributed by atoms with Gasteiger partial charge in [-0.15, -0.1) is 0 Å². The van der Waals surface area contributed by atoms with Crippen molar-refractivity contribution in [2.75, 3.05) is 25.5 Å². The molecule has 1 saturated heterocycles. The van der Waals surface area contributed by atoms with Crippen LogP contribution in [0, 0.1) is 6.92 Å². The van der Waals surface area contributed by atoms with Crippen LogP contribution in [0.4, 0.5) is 10.5 Å².